The highest BCUT2D eigenvalue weighted by Crippen LogP contribution is 2.37. The third-order valence-electron chi connectivity index (χ3n) is 4.24. The van der Waals surface area contributed by atoms with Crippen LogP contribution in [0.4, 0.5) is 5.82 Å². The van der Waals surface area contributed by atoms with Gasteiger partial charge in [-0.1, -0.05) is 37.3 Å². The number of nitrogens with one attached hydrogen (secondary N) is 2. The Morgan fingerprint density at radius 3 is 2.50 bits per heavy atom. The van der Waals surface area contributed by atoms with E-state index in [2.05, 4.69) is 22.5 Å². The molecule has 5 nitrogen and oxygen atoms in total. The summed E-state index contributed by atoms with van der Waals surface area (Å²) < 4.78 is 0. The molecule has 1 aromatic carbocycles. The van der Waals surface area contributed by atoms with E-state index in [-0.39, 0.29) is 24.2 Å². The average molecular weight is 323 g/mol. The van der Waals surface area contributed by atoms with Crippen LogP contribution in [0.25, 0.3) is 11.1 Å². The van der Waals surface area contributed by atoms with Crippen LogP contribution in [0.15, 0.2) is 48.7 Å². The SMILES string of the molecule is CC1CC1C(=O)NCCC(=O)Nc1ccc(-c2ccccc2)cn1. The van der Waals surface area contributed by atoms with E-state index in [1.165, 1.54) is 0 Å². The van der Waals surface area contributed by atoms with Crippen LogP contribution in [0.1, 0.15) is 19.8 Å². The lowest BCUT2D eigenvalue weighted by molar-refractivity contribution is -0.122. The quantitative estimate of drug-likeness (QED) is 0.859. The predicted octanol–water partition coefficient (Wildman–Crippen LogP) is 2.85. The summed E-state index contributed by atoms with van der Waals surface area (Å²) in [6.45, 7) is 2.41. The van der Waals surface area contributed by atoms with Gasteiger partial charge in [-0.3, -0.25) is 9.59 Å². The number of hydrogen-bond donors (Lipinski definition) is 2. The van der Waals surface area contributed by atoms with Crippen molar-refractivity contribution >= 4 is 17.6 Å². The number of anilines is 1. The molecule has 124 valence electrons. The van der Waals surface area contributed by atoms with E-state index in [9.17, 15) is 9.59 Å². The van der Waals surface area contributed by atoms with Gasteiger partial charge in [0.25, 0.3) is 0 Å². The van der Waals surface area contributed by atoms with E-state index in [1.807, 2.05) is 36.4 Å². The lowest BCUT2D eigenvalue weighted by atomic mass is 10.1. The molecule has 1 saturated carbocycles. The highest BCUT2D eigenvalue weighted by atomic mass is 16.2. The normalized spacial score (nSPS) is 18.7. The Morgan fingerprint density at radius 1 is 1.12 bits per heavy atom. The molecule has 0 aliphatic heterocycles. The second-order valence-corrected chi connectivity index (χ2v) is 6.21. The van der Waals surface area contributed by atoms with E-state index in [0.717, 1.165) is 17.5 Å². The van der Waals surface area contributed by atoms with Gasteiger partial charge in [-0.15, -0.1) is 0 Å². The van der Waals surface area contributed by atoms with Crippen molar-refractivity contribution in [1.82, 2.24) is 10.3 Å². The van der Waals surface area contributed by atoms with E-state index in [1.54, 1.807) is 12.3 Å². The molecule has 1 aliphatic rings. The Bertz CT molecular complexity index is 713. The molecule has 5 heteroatoms. The van der Waals surface area contributed by atoms with Gasteiger partial charge in [-0.05, 0) is 30.0 Å². The zero-order valence-electron chi connectivity index (χ0n) is 13.7. The van der Waals surface area contributed by atoms with Gasteiger partial charge in [0.1, 0.15) is 5.82 Å². The van der Waals surface area contributed by atoms with Crippen molar-refractivity contribution in [1.29, 1.82) is 0 Å². The number of hydrogen-bond acceptors (Lipinski definition) is 3. The number of rotatable bonds is 6. The fourth-order valence-electron chi connectivity index (χ4n) is 2.59. The van der Waals surface area contributed by atoms with Crippen molar-refractivity contribution in [3.63, 3.8) is 0 Å². The molecule has 1 fully saturated rings. The van der Waals surface area contributed by atoms with E-state index in [4.69, 9.17) is 0 Å². The van der Waals surface area contributed by atoms with Gasteiger partial charge in [-0.25, -0.2) is 4.98 Å². The predicted molar refractivity (Wildman–Crippen MR) is 93.2 cm³/mol. The molecule has 1 aliphatic carbocycles. The van der Waals surface area contributed by atoms with Gasteiger partial charge in [0.15, 0.2) is 0 Å². The van der Waals surface area contributed by atoms with Crippen LogP contribution in [0.3, 0.4) is 0 Å². The molecule has 2 atom stereocenters. The first-order chi connectivity index (χ1) is 11.6. The first-order valence-corrected chi connectivity index (χ1v) is 8.22. The molecule has 0 bridgehead atoms. The van der Waals surface area contributed by atoms with Crippen LogP contribution in [0.5, 0.6) is 0 Å². The zero-order valence-corrected chi connectivity index (χ0v) is 13.7. The van der Waals surface area contributed by atoms with Gasteiger partial charge in [-0.2, -0.15) is 0 Å². The van der Waals surface area contributed by atoms with E-state index in [0.29, 0.717) is 18.3 Å². The third-order valence-corrected chi connectivity index (χ3v) is 4.24. The summed E-state index contributed by atoms with van der Waals surface area (Å²) in [6.07, 6.45) is 2.94. The molecule has 1 heterocycles. The van der Waals surface area contributed by atoms with Gasteiger partial charge in [0.2, 0.25) is 11.8 Å². The number of amides is 2. The molecule has 24 heavy (non-hydrogen) atoms. The number of pyridine rings is 1. The topological polar surface area (TPSA) is 71.1 Å². The molecular formula is C19H21N3O2. The minimum atomic E-state index is -0.154. The van der Waals surface area contributed by atoms with Crippen molar-refractivity contribution in [3.05, 3.63) is 48.7 Å². The van der Waals surface area contributed by atoms with Gasteiger partial charge >= 0.3 is 0 Å². The Labute approximate surface area is 141 Å². The lowest BCUT2D eigenvalue weighted by Crippen LogP contribution is -2.29. The summed E-state index contributed by atoms with van der Waals surface area (Å²) in [5, 5.41) is 5.55. The number of benzene rings is 1. The van der Waals surface area contributed by atoms with Crippen LogP contribution in [0, 0.1) is 11.8 Å². The second-order valence-electron chi connectivity index (χ2n) is 6.21. The Balaban J connectivity index is 1.45. The minimum absolute atomic E-state index is 0.0561. The highest BCUT2D eigenvalue weighted by molar-refractivity contribution is 5.90. The molecule has 0 saturated heterocycles. The number of nitrogens with zero attached hydrogens (tertiary/aromatic N) is 1. The van der Waals surface area contributed by atoms with E-state index >= 15 is 0 Å². The molecule has 2 N–H and O–H groups in total. The maximum Gasteiger partial charge on any atom is 0.227 e. The first-order valence-electron chi connectivity index (χ1n) is 8.22. The average Bonchev–Trinajstić information content (AvgIpc) is 3.33. The fourth-order valence-corrected chi connectivity index (χ4v) is 2.59. The smallest absolute Gasteiger partial charge is 0.227 e. The van der Waals surface area contributed by atoms with Crippen molar-refractivity contribution in [2.75, 3.05) is 11.9 Å². The van der Waals surface area contributed by atoms with Gasteiger partial charge in [0.05, 0.1) is 0 Å². The van der Waals surface area contributed by atoms with E-state index < -0.39 is 0 Å². The molecule has 2 amide bonds. The summed E-state index contributed by atoms with van der Waals surface area (Å²) in [7, 11) is 0. The molecule has 0 radical (unpaired) electrons. The summed E-state index contributed by atoms with van der Waals surface area (Å²) in [5.74, 6) is 1.04. The maximum absolute atomic E-state index is 11.9. The van der Waals surface area contributed by atoms with Crippen LogP contribution in [0.2, 0.25) is 0 Å². The molecule has 2 unspecified atom stereocenters. The monoisotopic (exact) mass is 323 g/mol. The first kappa shape index (κ1) is 16.2. The molecular weight excluding hydrogens is 302 g/mol. The van der Waals surface area contributed by atoms with Gasteiger partial charge in [0, 0.05) is 30.6 Å². The van der Waals surface area contributed by atoms with Crippen molar-refractivity contribution < 1.29 is 9.59 Å². The number of carbonyl (C=O) groups excluding carboxylic acids is 2. The number of aromatic nitrogens is 1. The Hall–Kier alpha value is -2.69. The Morgan fingerprint density at radius 2 is 1.88 bits per heavy atom. The number of carbonyl (C=O) groups is 2. The van der Waals surface area contributed by atoms with Crippen LogP contribution < -0.4 is 10.6 Å². The lowest BCUT2D eigenvalue weighted by Gasteiger charge is -2.07. The summed E-state index contributed by atoms with van der Waals surface area (Å²) in [4.78, 5) is 27.8. The molecule has 3 rings (SSSR count). The van der Waals surface area contributed by atoms with Crippen LogP contribution in [-0.2, 0) is 9.59 Å². The summed E-state index contributed by atoms with van der Waals surface area (Å²) in [5.41, 5.74) is 2.08. The summed E-state index contributed by atoms with van der Waals surface area (Å²) >= 11 is 0. The van der Waals surface area contributed by atoms with Crippen molar-refractivity contribution in [2.45, 2.75) is 19.8 Å². The summed E-state index contributed by atoms with van der Waals surface area (Å²) in [6, 6.07) is 13.6. The maximum atomic E-state index is 11.9. The van der Waals surface area contributed by atoms with Crippen molar-refractivity contribution in [3.8, 4) is 11.1 Å². The third kappa shape index (κ3) is 4.19. The van der Waals surface area contributed by atoms with Crippen LogP contribution in [-0.4, -0.2) is 23.3 Å². The zero-order chi connectivity index (χ0) is 16.9. The van der Waals surface area contributed by atoms with Crippen LogP contribution >= 0.6 is 0 Å². The Kier molecular flexibility index (Phi) is 4.89. The molecule has 0 spiro atoms. The fraction of sp³-hybridized carbons (Fsp3) is 0.316. The largest absolute Gasteiger partial charge is 0.355 e. The molecule has 1 aromatic heterocycles. The minimum Gasteiger partial charge on any atom is -0.355 e. The van der Waals surface area contributed by atoms with Crippen molar-refractivity contribution in [2.24, 2.45) is 11.8 Å². The highest BCUT2D eigenvalue weighted by Gasteiger charge is 2.38. The molecule has 2 aromatic rings. The second kappa shape index (κ2) is 7.25. The van der Waals surface area contributed by atoms with Gasteiger partial charge < -0.3 is 10.6 Å². The standard InChI is InChI=1S/C19H21N3O2/c1-13-11-16(13)19(24)20-10-9-18(23)22-17-8-7-15(12-21-17)14-5-3-2-4-6-14/h2-8,12-13,16H,9-11H2,1H3,(H,20,24)(H,21,22,23).